The van der Waals surface area contributed by atoms with Crippen LogP contribution in [0.2, 0.25) is 0 Å². The minimum absolute atomic E-state index is 0.111. The molecule has 0 unspecified atom stereocenters. The number of Topliss-reactive ketones (excluding diaryl/α,β-unsaturated/α-hetero) is 1. The van der Waals surface area contributed by atoms with Crippen molar-refractivity contribution in [1.82, 2.24) is 9.97 Å². The molecule has 5 nitrogen and oxygen atoms in total. The Bertz CT molecular complexity index is 1460. The summed E-state index contributed by atoms with van der Waals surface area (Å²) in [4.78, 5) is 35.1. The molecular formula is C29H28N2O3S. The molecule has 0 bridgehead atoms. The van der Waals surface area contributed by atoms with E-state index in [1.165, 1.54) is 19.4 Å². The molecule has 1 saturated carbocycles. The number of hydrogen-bond donors (Lipinski definition) is 1. The fraction of sp³-hybridized carbons (Fsp3) is 0.310. The van der Waals surface area contributed by atoms with Crippen LogP contribution >= 0.6 is 11.3 Å². The zero-order chi connectivity index (χ0) is 24.7. The van der Waals surface area contributed by atoms with Gasteiger partial charge in [-0.2, -0.15) is 0 Å². The van der Waals surface area contributed by atoms with Gasteiger partial charge in [-0.25, -0.2) is 14.8 Å². The van der Waals surface area contributed by atoms with Crippen molar-refractivity contribution in [2.75, 3.05) is 0 Å². The molecule has 2 aromatic heterocycles. The van der Waals surface area contributed by atoms with Crippen LogP contribution in [0.4, 0.5) is 0 Å². The number of benzene rings is 2. The standard InChI is InChI=1S/C29H28N2O3S/c1-16-28(35-18(3)30-16)26-12-9-20-13-21(10-11-25(20)31-26)27-23(19-7-5-4-6-8-19)14-22(17(2)32)15-24(27)29(33)34/h9-15,19H,4-8H2,1-3H3,(H,33,34). The van der Waals surface area contributed by atoms with E-state index in [1.54, 1.807) is 11.3 Å². The number of carboxylic acid groups (broad SMARTS) is 1. The molecule has 0 spiro atoms. The van der Waals surface area contributed by atoms with Crippen molar-refractivity contribution in [2.24, 2.45) is 0 Å². The fourth-order valence-corrected chi connectivity index (χ4v) is 6.16. The smallest absolute Gasteiger partial charge is 0.336 e. The minimum Gasteiger partial charge on any atom is -0.478 e. The number of carbonyl (C=O) groups excluding carboxylic acids is 1. The number of fused-ring (bicyclic) bond motifs is 1. The predicted octanol–water partition coefficient (Wildman–Crippen LogP) is 7.59. The summed E-state index contributed by atoms with van der Waals surface area (Å²) in [5.74, 6) is -0.866. The fourth-order valence-electron chi connectivity index (χ4n) is 5.27. The molecule has 0 atom stereocenters. The van der Waals surface area contributed by atoms with Crippen LogP contribution in [0.5, 0.6) is 0 Å². The summed E-state index contributed by atoms with van der Waals surface area (Å²) < 4.78 is 0. The Morgan fingerprint density at radius 2 is 1.74 bits per heavy atom. The second kappa shape index (κ2) is 9.34. The maximum atomic E-state index is 12.4. The summed E-state index contributed by atoms with van der Waals surface area (Å²) in [6.45, 7) is 5.49. The average molecular weight is 485 g/mol. The van der Waals surface area contributed by atoms with E-state index in [2.05, 4.69) is 4.98 Å². The molecule has 1 fully saturated rings. The number of hydrogen-bond acceptors (Lipinski definition) is 5. The number of pyridine rings is 1. The van der Waals surface area contributed by atoms with Crippen LogP contribution in [0.3, 0.4) is 0 Å². The Morgan fingerprint density at radius 1 is 0.971 bits per heavy atom. The van der Waals surface area contributed by atoms with Crippen LogP contribution in [-0.2, 0) is 0 Å². The molecule has 0 radical (unpaired) electrons. The van der Waals surface area contributed by atoms with Gasteiger partial charge < -0.3 is 5.11 Å². The van der Waals surface area contributed by atoms with Crippen LogP contribution in [0.25, 0.3) is 32.6 Å². The summed E-state index contributed by atoms with van der Waals surface area (Å²) in [6.07, 6.45) is 5.47. The number of ketones is 1. The van der Waals surface area contributed by atoms with Crippen LogP contribution in [0.15, 0.2) is 42.5 Å². The van der Waals surface area contributed by atoms with Crippen molar-refractivity contribution in [3.8, 4) is 21.7 Å². The maximum Gasteiger partial charge on any atom is 0.336 e. The first-order chi connectivity index (χ1) is 16.8. The Kier molecular flexibility index (Phi) is 6.24. The topological polar surface area (TPSA) is 80.2 Å². The lowest BCUT2D eigenvalue weighted by Gasteiger charge is -2.26. The van der Waals surface area contributed by atoms with Gasteiger partial charge in [0.05, 0.1) is 32.4 Å². The first-order valence-corrected chi connectivity index (χ1v) is 12.9. The molecule has 4 aromatic rings. The number of aromatic nitrogens is 2. The van der Waals surface area contributed by atoms with Gasteiger partial charge in [0.2, 0.25) is 0 Å². The van der Waals surface area contributed by atoms with Gasteiger partial charge in [-0.15, -0.1) is 11.3 Å². The number of nitrogens with zero attached hydrogens (tertiary/aromatic N) is 2. The number of rotatable bonds is 5. The van der Waals surface area contributed by atoms with Gasteiger partial charge in [0.15, 0.2) is 5.78 Å². The van der Waals surface area contributed by atoms with Gasteiger partial charge in [0.25, 0.3) is 0 Å². The molecule has 2 heterocycles. The van der Waals surface area contributed by atoms with E-state index >= 15 is 0 Å². The van der Waals surface area contributed by atoms with E-state index in [9.17, 15) is 14.7 Å². The van der Waals surface area contributed by atoms with Gasteiger partial charge in [-0.1, -0.05) is 31.4 Å². The molecule has 2 aromatic carbocycles. The van der Waals surface area contributed by atoms with Crippen LogP contribution < -0.4 is 0 Å². The van der Waals surface area contributed by atoms with Gasteiger partial charge in [-0.3, -0.25) is 4.79 Å². The van der Waals surface area contributed by atoms with Crippen molar-refractivity contribution in [3.05, 3.63) is 69.9 Å². The number of carbonyl (C=O) groups is 2. The molecule has 5 rings (SSSR count). The number of carboxylic acids is 1. The molecule has 0 amide bonds. The molecule has 35 heavy (non-hydrogen) atoms. The van der Waals surface area contributed by atoms with Crippen molar-refractivity contribution < 1.29 is 14.7 Å². The lowest BCUT2D eigenvalue weighted by molar-refractivity contribution is 0.0697. The summed E-state index contributed by atoms with van der Waals surface area (Å²) >= 11 is 1.64. The van der Waals surface area contributed by atoms with E-state index in [1.807, 2.05) is 50.2 Å². The highest BCUT2D eigenvalue weighted by Gasteiger charge is 2.25. The van der Waals surface area contributed by atoms with Crippen molar-refractivity contribution >= 4 is 34.0 Å². The highest BCUT2D eigenvalue weighted by atomic mass is 32.1. The lowest BCUT2D eigenvalue weighted by atomic mass is 9.78. The zero-order valence-corrected chi connectivity index (χ0v) is 21.0. The van der Waals surface area contributed by atoms with Crippen LogP contribution in [0, 0.1) is 13.8 Å². The Labute approximate surface area is 208 Å². The maximum absolute atomic E-state index is 12.4. The minimum atomic E-state index is -1.01. The number of aryl methyl sites for hydroxylation is 2. The highest BCUT2D eigenvalue weighted by molar-refractivity contribution is 7.15. The van der Waals surface area contributed by atoms with Crippen LogP contribution in [0.1, 0.15) is 81.9 Å². The number of aromatic carboxylic acids is 1. The van der Waals surface area contributed by atoms with E-state index in [-0.39, 0.29) is 17.3 Å². The van der Waals surface area contributed by atoms with E-state index < -0.39 is 5.97 Å². The molecule has 1 aliphatic rings. The first kappa shape index (κ1) is 23.4. The summed E-state index contributed by atoms with van der Waals surface area (Å²) in [5.41, 5.74) is 5.95. The normalized spacial score (nSPS) is 14.4. The van der Waals surface area contributed by atoms with Crippen molar-refractivity contribution in [3.63, 3.8) is 0 Å². The summed E-state index contributed by atoms with van der Waals surface area (Å²) in [6, 6.07) is 13.5. The largest absolute Gasteiger partial charge is 0.478 e. The molecule has 0 aliphatic heterocycles. The van der Waals surface area contributed by atoms with Gasteiger partial charge in [0.1, 0.15) is 0 Å². The van der Waals surface area contributed by atoms with Gasteiger partial charge in [-0.05, 0) is 86.6 Å². The third-order valence-corrected chi connectivity index (χ3v) is 8.06. The Morgan fingerprint density at radius 3 is 2.40 bits per heavy atom. The Balaban J connectivity index is 1.67. The third kappa shape index (κ3) is 4.50. The molecule has 6 heteroatoms. The molecule has 1 N–H and O–H groups in total. The van der Waals surface area contributed by atoms with E-state index in [0.717, 1.165) is 74.5 Å². The van der Waals surface area contributed by atoms with E-state index in [0.29, 0.717) is 5.56 Å². The summed E-state index contributed by atoms with van der Waals surface area (Å²) in [7, 11) is 0. The monoisotopic (exact) mass is 484 g/mol. The summed E-state index contributed by atoms with van der Waals surface area (Å²) in [5, 5.41) is 12.1. The lowest BCUT2D eigenvalue weighted by Crippen LogP contribution is -2.12. The SMILES string of the molecule is CC(=O)c1cc(C(=O)O)c(-c2ccc3nc(-c4sc(C)nc4C)ccc3c2)c(C2CCCCC2)c1. The second-order valence-electron chi connectivity index (χ2n) is 9.44. The van der Waals surface area contributed by atoms with Crippen molar-refractivity contribution in [1.29, 1.82) is 0 Å². The van der Waals surface area contributed by atoms with E-state index in [4.69, 9.17) is 4.98 Å². The first-order valence-electron chi connectivity index (χ1n) is 12.1. The highest BCUT2D eigenvalue weighted by Crippen LogP contribution is 2.41. The molecule has 0 saturated heterocycles. The predicted molar refractivity (Wildman–Crippen MR) is 141 cm³/mol. The quantitative estimate of drug-likeness (QED) is 0.295. The zero-order valence-electron chi connectivity index (χ0n) is 20.2. The van der Waals surface area contributed by atoms with Gasteiger partial charge in [0, 0.05) is 10.9 Å². The van der Waals surface area contributed by atoms with Crippen molar-refractivity contribution in [2.45, 2.75) is 58.8 Å². The van der Waals surface area contributed by atoms with Crippen LogP contribution in [-0.4, -0.2) is 26.8 Å². The Hall–Kier alpha value is -3.38. The molecule has 178 valence electrons. The molecular weight excluding hydrogens is 456 g/mol. The average Bonchev–Trinajstić information content (AvgIpc) is 3.20. The number of thiazole rings is 1. The molecule has 1 aliphatic carbocycles. The van der Waals surface area contributed by atoms with Gasteiger partial charge >= 0.3 is 5.97 Å². The second-order valence-corrected chi connectivity index (χ2v) is 10.6. The third-order valence-electron chi connectivity index (χ3n) is 6.96.